The molecule has 0 spiro atoms. The van der Waals surface area contributed by atoms with E-state index in [1.54, 1.807) is 0 Å². The van der Waals surface area contributed by atoms with Crippen molar-refractivity contribution in [1.82, 2.24) is 10.2 Å². The van der Waals surface area contributed by atoms with E-state index >= 15 is 0 Å². The Labute approximate surface area is 130 Å². The first-order chi connectivity index (χ1) is 9.47. The lowest BCUT2D eigenvalue weighted by Gasteiger charge is -2.23. The number of hydrogen-bond acceptors (Lipinski definition) is 3. The van der Waals surface area contributed by atoms with Gasteiger partial charge in [0.25, 0.3) is 0 Å². The van der Waals surface area contributed by atoms with Gasteiger partial charge in [-0.25, -0.2) is 0 Å². The van der Waals surface area contributed by atoms with Gasteiger partial charge in [-0.1, -0.05) is 29.3 Å². The Kier molecular flexibility index (Phi) is 5.70. The molecule has 0 bridgehead atoms. The SMILES string of the molecule is CN(C)CC(O)CNC(c1ccc(Cl)c(Cl)c1)C1CC1. The van der Waals surface area contributed by atoms with Crippen molar-refractivity contribution >= 4 is 23.2 Å². The molecule has 1 fully saturated rings. The summed E-state index contributed by atoms with van der Waals surface area (Å²) in [4.78, 5) is 1.98. The maximum Gasteiger partial charge on any atom is 0.0791 e. The van der Waals surface area contributed by atoms with E-state index in [0.29, 0.717) is 29.1 Å². The van der Waals surface area contributed by atoms with Gasteiger partial charge in [0, 0.05) is 19.1 Å². The van der Waals surface area contributed by atoms with Gasteiger partial charge >= 0.3 is 0 Å². The average Bonchev–Trinajstić information content (AvgIpc) is 3.17. The molecule has 0 amide bonds. The first-order valence-corrected chi connectivity index (χ1v) is 7.74. The van der Waals surface area contributed by atoms with Crippen LogP contribution in [0.25, 0.3) is 0 Å². The maximum atomic E-state index is 9.96. The minimum Gasteiger partial charge on any atom is -0.390 e. The summed E-state index contributed by atoms with van der Waals surface area (Å²) in [6.07, 6.45) is 2.08. The van der Waals surface area contributed by atoms with Gasteiger partial charge < -0.3 is 15.3 Å². The third kappa shape index (κ3) is 4.61. The zero-order chi connectivity index (χ0) is 14.7. The number of nitrogens with zero attached hydrogens (tertiary/aromatic N) is 1. The lowest BCUT2D eigenvalue weighted by atomic mass is 10.0. The summed E-state index contributed by atoms with van der Waals surface area (Å²) in [6.45, 7) is 1.24. The molecule has 0 radical (unpaired) electrons. The molecule has 0 saturated heterocycles. The Morgan fingerprint density at radius 1 is 1.30 bits per heavy atom. The largest absolute Gasteiger partial charge is 0.390 e. The van der Waals surface area contributed by atoms with Gasteiger partial charge in [0.2, 0.25) is 0 Å². The smallest absolute Gasteiger partial charge is 0.0791 e. The molecule has 20 heavy (non-hydrogen) atoms. The second-order valence-corrected chi connectivity index (χ2v) is 6.63. The molecule has 5 heteroatoms. The van der Waals surface area contributed by atoms with Gasteiger partial charge in [-0.3, -0.25) is 0 Å². The van der Waals surface area contributed by atoms with E-state index in [4.69, 9.17) is 23.2 Å². The summed E-state index contributed by atoms with van der Waals surface area (Å²) >= 11 is 12.1. The predicted molar refractivity (Wildman–Crippen MR) is 84.5 cm³/mol. The van der Waals surface area contributed by atoms with Crippen LogP contribution in [0.15, 0.2) is 18.2 Å². The predicted octanol–water partition coefficient (Wildman–Crippen LogP) is 2.96. The molecule has 0 heterocycles. The van der Waals surface area contributed by atoms with Crippen LogP contribution in [0, 0.1) is 5.92 Å². The standard InChI is InChI=1S/C15H22Cl2N2O/c1-19(2)9-12(20)8-18-15(10-3-4-10)11-5-6-13(16)14(17)7-11/h5-7,10,12,15,18,20H,3-4,8-9H2,1-2H3. The fraction of sp³-hybridized carbons (Fsp3) is 0.600. The molecular formula is C15H22Cl2N2O. The number of aliphatic hydroxyl groups excluding tert-OH is 1. The van der Waals surface area contributed by atoms with Crippen LogP contribution in [0.1, 0.15) is 24.4 Å². The molecule has 2 N–H and O–H groups in total. The monoisotopic (exact) mass is 316 g/mol. The molecule has 2 rings (SSSR count). The van der Waals surface area contributed by atoms with Crippen LogP contribution in [-0.4, -0.2) is 43.3 Å². The minimum atomic E-state index is -0.367. The zero-order valence-electron chi connectivity index (χ0n) is 11.9. The maximum absolute atomic E-state index is 9.96. The molecule has 1 aromatic carbocycles. The second-order valence-electron chi connectivity index (χ2n) is 5.81. The van der Waals surface area contributed by atoms with Gasteiger partial charge in [-0.05, 0) is 50.6 Å². The molecule has 112 valence electrons. The van der Waals surface area contributed by atoms with E-state index in [2.05, 4.69) is 5.32 Å². The number of nitrogens with one attached hydrogen (secondary N) is 1. The highest BCUT2D eigenvalue weighted by molar-refractivity contribution is 6.42. The van der Waals surface area contributed by atoms with Crippen molar-refractivity contribution < 1.29 is 5.11 Å². The Hall–Kier alpha value is -0.320. The summed E-state index contributed by atoms with van der Waals surface area (Å²) in [5.41, 5.74) is 1.15. The molecule has 2 unspecified atom stereocenters. The van der Waals surface area contributed by atoms with E-state index in [-0.39, 0.29) is 12.1 Å². The first-order valence-electron chi connectivity index (χ1n) is 6.98. The number of hydrogen-bond donors (Lipinski definition) is 2. The number of benzene rings is 1. The van der Waals surface area contributed by atoms with Gasteiger partial charge in [0.15, 0.2) is 0 Å². The second kappa shape index (κ2) is 7.10. The zero-order valence-corrected chi connectivity index (χ0v) is 13.5. The van der Waals surface area contributed by atoms with Crippen molar-refractivity contribution in [3.8, 4) is 0 Å². The van der Waals surface area contributed by atoms with Crippen molar-refractivity contribution in [2.45, 2.75) is 25.0 Å². The molecule has 1 aliphatic carbocycles. The van der Waals surface area contributed by atoms with Crippen LogP contribution in [0.5, 0.6) is 0 Å². The summed E-state index contributed by atoms with van der Waals surface area (Å²) < 4.78 is 0. The Balaban J connectivity index is 1.98. The highest BCUT2D eigenvalue weighted by atomic mass is 35.5. The minimum absolute atomic E-state index is 0.251. The molecule has 3 nitrogen and oxygen atoms in total. The number of rotatable bonds is 7. The molecule has 0 aliphatic heterocycles. The number of halogens is 2. The summed E-state index contributed by atoms with van der Waals surface area (Å²) in [6, 6.07) is 6.04. The van der Waals surface area contributed by atoms with Crippen LogP contribution in [0.2, 0.25) is 10.0 Å². The summed E-state index contributed by atoms with van der Waals surface area (Å²) in [5, 5.41) is 14.6. The number of likely N-dealkylation sites (N-methyl/N-ethyl adjacent to an activating group) is 1. The van der Waals surface area contributed by atoms with Crippen molar-refractivity contribution in [2.24, 2.45) is 5.92 Å². The fourth-order valence-corrected chi connectivity index (χ4v) is 2.75. The Bertz CT molecular complexity index is 449. The van der Waals surface area contributed by atoms with Crippen molar-refractivity contribution in [1.29, 1.82) is 0 Å². The van der Waals surface area contributed by atoms with Gasteiger partial charge in [0.05, 0.1) is 16.1 Å². The first kappa shape index (κ1) is 16.1. The van der Waals surface area contributed by atoms with Crippen LogP contribution in [0.3, 0.4) is 0 Å². The van der Waals surface area contributed by atoms with Crippen molar-refractivity contribution in [2.75, 3.05) is 27.2 Å². The van der Waals surface area contributed by atoms with E-state index in [1.165, 1.54) is 12.8 Å². The normalized spacial score (nSPS) is 18.3. The van der Waals surface area contributed by atoms with E-state index in [1.807, 2.05) is 37.2 Å². The van der Waals surface area contributed by atoms with Crippen molar-refractivity contribution in [3.05, 3.63) is 33.8 Å². The summed E-state index contributed by atoms with van der Waals surface area (Å²) in [7, 11) is 3.92. The van der Waals surface area contributed by atoms with E-state index < -0.39 is 0 Å². The number of aliphatic hydroxyl groups is 1. The van der Waals surface area contributed by atoms with Gasteiger partial charge in [-0.2, -0.15) is 0 Å². The average molecular weight is 317 g/mol. The van der Waals surface area contributed by atoms with Crippen LogP contribution in [0.4, 0.5) is 0 Å². The van der Waals surface area contributed by atoms with Crippen LogP contribution in [-0.2, 0) is 0 Å². The highest BCUT2D eigenvalue weighted by Crippen LogP contribution is 2.42. The Morgan fingerprint density at radius 3 is 2.55 bits per heavy atom. The quantitative estimate of drug-likeness (QED) is 0.812. The third-order valence-electron chi connectivity index (χ3n) is 3.55. The lowest BCUT2D eigenvalue weighted by molar-refractivity contribution is 0.130. The molecule has 1 aromatic rings. The highest BCUT2D eigenvalue weighted by Gasteiger charge is 2.32. The third-order valence-corrected chi connectivity index (χ3v) is 4.28. The molecule has 1 saturated carbocycles. The van der Waals surface area contributed by atoms with Gasteiger partial charge in [-0.15, -0.1) is 0 Å². The summed E-state index contributed by atoms with van der Waals surface area (Å²) in [5.74, 6) is 0.638. The topological polar surface area (TPSA) is 35.5 Å². The van der Waals surface area contributed by atoms with E-state index in [9.17, 15) is 5.11 Å². The Morgan fingerprint density at radius 2 is 2.00 bits per heavy atom. The lowest BCUT2D eigenvalue weighted by Crippen LogP contribution is -2.37. The van der Waals surface area contributed by atoms with Crippen LogP contribution >= 0.6 is 23.2 Å². The molecular weight excluding hydrogens is 295 g/mol. The molecule has 1 aliphatic rings. The van der Waals surface area contributed by atoms with Gasteiger partial charge in [0.1, 0.15) is 0 Å². The van der Waals surface area contributed by atoms with Crippen LogP contribution < -0.4 is 5.32 Å². The molecule has 2 atom stereocenters. The fourth-order valence-electron chi connectivity index (χ4n) is 2.44. The van der Waals surface area contributed by atoms with E-state index in [0.717, 1.165) is 5.56 Å². The molecule has 0 aromatic heterocycles. The van der Waals surface area contributed by atoms with Crippen molar-refractivity contribution in [3.63, 3.8) is 0 Å².